The molecule has 1 atom stereocenters. The van der Waals surface area contributed by atoms with Crippen LogP contribution in [-0.4, -0.2) is 18.1 Å². The number of para-hydroxylation sites is 1. The van der Waals surface area contributed by atoms with Gasteiger partial charge in [0.25, 0.3) is 0 Å². The number of carbonyl (C=O) groups is 1. The predicted molar refractivity (Wildman–Crippen MR) is 81.7 cm³/mol. The van der Waals surface area contributed by atoms with E-state index in [1.807, 2.05) is 0 Å². The summed E-state index contributed by atoms with van der Waals surface area (Å²) in [4.78, 5) is 11.7. The van der Waals surface area contributed by atoms with E-state index in [0.717, 1.165) is 0 Å². The molecule has 110 valence electrons. The molecule has 0 bridgehead atoms. The van der Waals surface area contributed by atoms with Crippen molar-refractivity contribution in [1.29, 1.82) is 0 Å². The average molecular weight is 307 g/mol. The van der Waals surface area contributed by atoms with Crippen LogP contribution < -0.4 is 15.8 Å². The lowest BCUT2D eigenvalue weighted by molar-refractivity contribution is -0.118. The third-order valence-electron chi connectivity index (χ3n) is 2.99. The topological polar surface area (TPSA) is 84.6 Å². The molecule has 0 heterocycles. The van der Waals surface area contributed by atoms with Crippen molar-refractivity contribution >= 4 is 23.2 Å². The normalized spacial score (nSPS) is 11.7. The first-order valence-corrected chi connectivity index (χ1v) is 6.58. The second-order valence-electron chi connectivity index (χ2n) is 4.39. The summed E-state index contributed by atoms with van der Waals surface area (Å²) >= 11 is 6.06. The van der Waals surface area contributed by atoms with Gasteiger partial charge in [-0.15, -0.1) is 0 Å². The zero-order valence-corrected chi connectivity index (χ0v) is 12.1. The Morgan fingerprint density at radius 2 is 2.05 bits per heavy atom. The Hall–Kier alpha value is -2.40. The second-order valence-corrected chi connectivity index (χ2v) is 4.80. The summed E-state index contributed by atoms with van der Waals surface area (Å²) in [6.45, 7) is 0. The minimum atomic E-state index is -0.818. The Labute approximate surface area is 127 Å². The molecule has 0 spiro atoms. The largest absolute Gasteiger partial charge is 0.504 e. The number of anilines is 1. The number of benzene rings is 2. The maximum absolute atomic E-state index is 11.7. The molecule has 1 unspecified atom stereocenters. The van der Waals surface area contributed by atoms with Gasteiger partial charge < -0.3 is 20.9 Å². The number of nitrogens with one attached hydrogen (secondary N) is 1. The van der Waals surface area contributed by atoms with Gasteiger partial charge in [0.1, 0.15) is 6.04 Å². The summed E-state index contributed by atoms with van der Waals surface area (Å²) in [5, 5.41) is 13.3. The van der Waals surface area contributed by atoms with Gasteiger partial charge in [0.15, 0.2) is 11.5 Å². The van der Waals surface area contributed by atoms with Gasteiger partial charge in [0, 0.05) is 0 Å². The molecule has 1 amide bonds. The van der Waals surface area contributed by atoms with Gasteiger partial charge in [-0.1, -0.05) is 29.8 Å². The Bertz CT molecular complexity index is 661. The highest BCUT2D eigenvalue weighted by Crippen LogP contribution is 2.31. The van der Waals surface area contributed by atoms with Crippen molar-refractivity contribution in [1.82, 2.24) is 0 Å². The molecule has 0 aliphatic heterocycles. The quantitative estimate of drug-likeness (QED) is 0.793. The summed E-state index contributed by atoms with van der Waals surface area (Å²) in [5.74, 6) is -0.332. The van der Waals surface area contributed by atoms with Gasteiger partial charge in [0.05, 0.1) is 17.8 Å². The molecule has 0 saturated heterocycles. The number of hydrogen-bond acceptors (Lipinski definition) is 4. The fraction of sp³-hybridized carbons (Fsp3) is 0.133. The molecular formula is C15H15ClN2O3. The van der Waals surface area contributed by atoms with E-state index in [0.29, 0.717) is 22.0 Å². The first-order valence-electron chi connectivity index (χ1n) is 6.20. The summed E-state index contributed by atoms with van der Waals surface area (Å²) in [5.41, 5.74) is 6.53. The van der Waals surface area contributed by atoms with E-state index < -0.39 is 11.9 Å². The van der Waals surface area contributed by atoms with Gasteiger partial charge in [-0.25, -0.2) is 0 Å². The summed E-state index contributed by atoms with van der Waals surface area (Å²) < 4.78 is 4.97. The molecule has 0 fully saturated rings. The van der Waals surface area contributed by atoms with Crippen molar-refractivity contribution < 1.29 is 14.6 Å². The van der Waals surface area contributed by atoms with Crippen LogP contribution >= 0.6 is 11.6 Å². The monoisotopic (exact) mass is 306 g/mol. The lowest BCUT2D eigenvalue weighted by Gasteiger charge is -2.18. The van der Waals surface area contributed by atoms with Crippen LogP contribution in [0.1, 0.15) is 11.6 Å². The number of amides is 1. The molecule has 0 aliphatic rings. The minimum absolute atomic E-state index is 0.0674. The number of halogens is 1. The van der Waals surface area contributed by atoms with E-state index in [1.54, 1.807) is 36.4 Å². The molecule has 0 aromatic heterocycles. The van der Waals surface area contributed by atoms with E-state index in [1.165, 1.54) is 13.2 Å². The van der Waals surface area contributed by atoms with E-state index >= 15 is 0 Å². The lowest BCUT2D eigenvalue weighted by atomic mass is 10.1. The summed E-state index contributed by atoms with van der Waals surface area (Å²) in [7, 11) is 1.45. The first kappa shape index (κ1) is 15.0. The third kappa shape index (κ3) is 3.38. The highest BCUT2D eigenvalue weighted by Gasteiger charge is 2.20. The van der Waals surface area contributed by atoms with E-state index in [-0.39, 0.29) is 5.75 Å². The van der Waals surface area contributed by atoms with Gasteiger partial charge in [-0.3, -0.25) is 4.79 Å². The highest BCUT2D eigenvalue weighted by atomic mass is 35.5. The molecular weight excluding hydrogens is 292 g/mol. The number of rotatable bonds is 5. The number of methoxy groups -OCH3 is 1. The molecule has 5 nitrogen and oxygen atoms in total. The number of nitrogens with two attached hydrogens (primary N) is 1. The summed E-state index contributed by atoms with van der Waals surface area (Å²) in [6.07, 6.45) is 0. The van der Waals surface area contributed by atoms with E-state index in [4.69, 9.17) is 22.1 Å². The van der Waals surface area contributed by atoms with E-state index in [9.17, 15) is 9.90 Å². The third-order valence-corrected chi connectivity index (χ3v) is 3.32. The average Bonchev–Trinajstić information content (AvgIpc) is 2.46. The second kappa shape index (κ2) is 6.37. The molecule has 0 aliphatic carbocycles. The molecule has 0 radical (unpaired) electrons. The number of phenolic OH excluding ortho intramolecular Hbond substituents is 1. The maximum atomic E-state index is 11.7. The minimum Gasteiger partial charge on any atom is -0.504 e. The number of primary amides is 1. The predicted octanol–water partition coefficient (Wildman–Crippen LogP) is 2.69. The fourth-order valence-corrected chi connectivity index (χ4v) is 2.13. The molecule has 0 saturated carbocycles. The number of ether oxygens (including phenoxy) is 1. The van der Waals surface area contributed by atoms with Gasteiger partial charge in [-0.05, 0) is 29.8 Å². The SMILES string of the molecule is COc1ccc(C(Nc2ccccc2Cl)C(N)=O)cc1O. The van der Waals surface area contributed by atoms with Gasteiger partial charge in [0.2, 0.25) is 5.91 Å². The smallest absolute Gasteiger partial charge is 0.244 e. The van der Waals surface area contributed by atoms with Crippen molar-refractivity contribution in [3.05, 3.63) is 53.1 Å². The van der Waals surface area contributed by atoms with Crippen LogP contribution in [0.4, 0.5) is 5.69 Å². The molecule has 4 N–H and O–H groups in total. The molecule has 21 heavy (non-hydrogen) atoms. The zero-order valence-electron chi connectivity index (χ0n) is 11.3. The Balaban J connectivity index is 2.34. The molecule has 6 heteroatoms. The Morgan fingerprint density at radius 3 is 2.62 bits per heavy atom. The van der Waals surface area contributed by atoms with E-state index in [2.05, 4.69) is 5.32 Å². The summed E-state index contributed by atoms with van der Waals surface area (Å²) in [6, 6.07) is 10.8. The van der Waals surface area contributed by atoms with Crippen LogP contribution in [0.5, 0.6) is 11.5 Å². The lowest BCUT2D eigenvalue weighted by Crippen LogP contribution is -2.27. The number of hydrogen-bond donors (Lipinski definition) is 3. The Morgan fingerprint density at radius 1 is 1.33 bits per heavy atom. The zero-order chi connectivity index (χ0) is 15.4. The maximum Gasteiger partial charge on any atom is 0.244 e. The van der Waals surface area contributed by atoms with Crippen molar-refractivity contribution in [2.75, 3.05) is 12.4 Å². The van der Waals surface area contributed by atoms with Crippen LogP contribution in [0.25, 0.3) is 0 Å². The molecule has 2 aromatic carbocycles. The van der Waals surface area contributed by atoms with Crippen LogP contribution in [-0.2, 0) is 4.79 Å². The highest BCUT2D eigenvalue weighted by molar-refractivity contribution is 6.33. The number of phenols is 1. The Kier molecular flexibility index (Phi) is 4.55. The van der Waals surface area contributed by atoms with Crippen molar-refractivity contribution in [2.24, 2.45) is 5.73 Å². The fourth-order valence-electron chi connectivity index (χ4n) is 1.94. The first-order chi connectivity index (χ1) is 10.0. The van der Waals surface area contributed by atoms with Crippen LogP contribution in [0.15, 0.2) is 42.5 Å². The van der Waals surface area contributed by atoms with Crippen LogP contribution in [0.3, 0.4) is 0 Å². The number of carbonyl (C=O) groups excluding carboxylic acids is 1. The van der Waals surface area contributed by atoms with Crippen molar-refractivity contribution in [3.8, 4) is 11.5 Å². The van der Waals surface area contributed by atoms with Crippen molar-refractivity contribution in [2.45, 2.75) is 6.04 Å². The van der Waals surface area contributed by atoms with Crippen molar-refractivity contribution in [3.63, 3.8) is 0 Å². The number of aromatic hydroxyl groups is 1. The van der Waals surface area contributed by atoms with Crippen LogP contribution in [0.2, 0.25) is 5.02 Å². The molecule has 2 aromatic rings. The van der Waals surface area contributed by atoms with Gasteiger partial charge >= 0.3 is 0 Å². The van der Waals surface area contributed by atoms with Crippen LogP contribution in [0, 0.1) is 0 Å². The molecule has 2 rings (SSSR count). The standard InChI is InChI=1S/C15H15ClN2O3/c1-21-13-7-6-9(8-12(13)19)14(15(17)20)18-11-5-3-2-4-10(11)16/h2-8,14,18-19H,1H3,(H2,17,20). The van der Waals surface area contributed by atoms with Gasteiger partial charge in [-0.2, -0.15) is 0 Å².